The Morgan fingerprint density at radius 2 is 2.27 bits per heavy atom. The van der Waals surface area contributed by atoms with Gasteiger partial charge in [0.05, 0.1) is 5.92 Å². The third kappa shape index (κ3) is 1.13. The third-order valence-electron chi connectivity index (χ3n) is 2.80. The number of carboxylic acid groups (broad SMARTS) is 1. The monoisotopic (exact) mass is 155 g/mol. The molecule has 3 nitrogen and oxygen atoms in total. The maximum atomic E-state index is 10.6. The molecule has 0 unspecified atom stereocenters. The second-order valence-corrected chi connectivity index (χ2v) is 3.50. The smallest absolute Gasteiger partial charge is 0.308 e. The lowest BCUT2D eigenvalue weighted by molar-refractivity contribution is -0.139. The van der Waals surface area contributed by atoms with Crippen molar-refractivity contribution in [2.24, 2.45) is 11.8 Å². The van der Waals surface area contributed by atoms with Crippen LogP contribution < -0.4 is 5.32 Å². The van der Waals surface area contributed by atoms with E-state index in [0.717, 1.165) is 13.0 Å². The van der Waals surface area contributed by atoms with Gasteiger partial charge in [-0.25, -0.2) is 0 Å². The van der Waals surface area contributed by atoms with E-state index in [9.17, 15) is 4.79 Å². The van der Waals surface area contributed by atoms with Crippen molar-refractivity contribution >= 4 is 5.97 Å². The molecule has 0 aromatic carbocycles. The summed E-state index contributed by atoms with van der Waals surface area (Å²) in [6.07, 6.45) is 3.51. The SMILES string of the molecule is O=C(O)[C@@H]1[C@H]2CCCCN[C@H]21. The number of aliphatic carboxylic acids is 1. The molecule has 1 saturated heterocycles. The van der Waals surface area contributed by atoms with E-state index in [4.69, 9.17) is 5.11 Å². The Bertz CT molecular complexity index is 169. The first-order valence-electron chi connectivity index (χ1n) is 4.27. The molecule has 2 rings (SSSR count). The number of hydrogen-bond donors (Lipinski definition) is 2. The number of hydrogen-bond acceptors (Lipinski definition) is 2. The van der Waals surface area contributed by atoms with Crippen LogP contribution in [0.2, 0.25) is 0 Å². The minimum atomic E-state index is -0.616. The molecule has 0 radical (unpaired) electrons. The van der Waals surface area contributed by atoms with Crippen LogP contribution in [0.25, 0.3) is 0 Å². The van der Waals surface area contributed by atoms with E-state index in [0.29, 0.717) is 12.0 Å². The van der Waals surface area contributed by atoms with E-state index in [1.54, 1.807) is 0 Å². The van der Waals surface area contributed by atoms with E-state index in [1.807, 2.05) is 0 Å². The quantitative estimate of drug-likeness (QED) is 0.578. The van der Waals surface area contributed by atoms with Crippen molar-refractivity contribution in [3.63, 3.8) is 0 Å². The molecule has 1 heterocycles. The van der Waals surface area contributed by atoms with E-state index in [2.05, 4.69) is 5.32 Å². The van der Waals surface area contributed by atoms with Crippen LogP contribution in [0.1, 0.15) is 19.3 Å². The van der Waals surface area contributed by atoms with Gasteiger partial charge in [-0.05, 0) is 25.3 Å². The average Bonchev–Trinajstić information content (AvgIpc) is 2.57. The Labute approximate surface area is 65.8 Å². The topological polar surface area (TPSA) is 49.3 Å². The zero-order valence-electron chi connectivity index (χ0n) is 6.42. The van der Waals surface area contributed by atoms with Gasteiger partial charge in [0.1, 0.15) is 0 Å². The van der Waals surface area contributed by atoms with Crippen molar-refractivity contribution in [3.05, 3.63) is 0 Å². The van der Waals surface area contributed by atoms with Crippen molar-refractivity contribution < 1.29 is 9.90 Å². The molecule has 1 aliphatic carbocycles. The predicted molar refractivity (Wildman–Crippen MR) is 40.3 cm³/mol. The second-order valence-electron chi connectivity index (χ2n) is 3.50. The number of rotatable bonds is 1. The number of carbonyl (C=O) groups is 1. The molecule has 0 bridgehead atoms. The Hall–Kier alpha value is -0.570. The van der Waals surface area contributed by atoms with Gasteiger partial charge < -0.3 is 10.4 Å². The predicted octanol–water partition coefficient (Wildman–Crippen LogP) is 0.459. The maximum absolute atomic E-state index is 10.6. The summed E-state index contributed by atoms with van der Waals surface area (Å²) in [6.45, 7) is 1.00. The lowest BCUT2D eigenvalue weighted by Gasteiger charge is -1.98. The first-order valence-corrected chi connectivity index (χ1v) is 4.27. The standard InChI is InChI=1S/C8H13NO2/c10-8(11)6-5-3-1-2-4-9-7(5)6/h5-7,9H,1-4H2,(H,10,11)/t5-,6-,7-/m1/s1. The van der Waals surface area contributed by atoms with Crippen molar-refractivity contribution in [1.82, 2.24) is 5.32 Å². The lowest BCUT2D eigenvalue weighted by Crippen LogP contribution is -2.21. The van der Waals surface area contributed by atoms with Crippen molar-refractivity contribution in [3.8, 4) is 0 Å². The summed E-state index contributed by atoms with van der Waals surface area (Å²) in [7, 11) is 0. The molecule has 62 valence electrons. The number of nitrogens with one attached hydrogen (secondary N) is 1. The summed E-state index contributed by atoms with van der Waals surface area (Å²) < 4.78 is 0. The number of carboxylic acids is 1. The molecule has 11 heavy (non-hydrogen) atoms. The van der Waals surface area contributed by atoms with Gasteiger partial charge in [-0.1, -0.05) is 6.42 Å². The van der Waals surface area contributed by atoms with Crippen LogP contribution in [0.3, 0.4) is 0 Å². The van der Waals surface area contributed by atoms with Gasteiger partial charge in [0.2, 0.25) is 0 Å². The summed E-state index contributed by atoms with van der Waals surface area (Å²) in [5, 5.41) is 12.0. The van der Waals surface area contributed by atoms with E-state index >= 15 is 0 Å². The maximum Gasteiger partial charge on any atom is 0.308 e. The normalized spacial score (nSPS) is 42.4. The van der Waals surface area contributed by atoms with E-state index in [1.165, 1.54) is 12.8 Å². The molecule has 2 N–H and O–H groups in total. The van der Waals surface area contributed by atoms with Crippen LogP contribution in [0.15, 0.2) is 0 Å². The highest BCUT2D eigenvalue weighted by atomic mass is 16.4. The summed E-state index contributed by atoms with van der Waals surface area (Å²) in [5.41, 5.74) is 0. The third-order valence-corrected chi connectivity index (χ3v) is 2.80. The zero-order valence-corrected chi connectivity index (χ0v) is 6.42. The van der Waals surface area contributed by atoms with Gasteiger partial charge in [-0.15, -0.1) is 0 Å². The van der Waals surface area contributed by atoms with Gasteiger partial charge in [0, 0.05) is 6.04 Å². The van der Waals surface area contributed by atoms with Gasteiger partial charge in [0.25, 0.3) is 0 Å². The molecule has 2 fully saturated rings. The fourth-order valence-electron chi connectivity index (χ4n) is 2.12. The van der Waals surface area contributed by atoms with Gasteiger partial charge >= 0.3 is 5.97 Å². The molecule has 0 amide bonds. The lowest BCUT2D eigenvalue weighted by atomic mass is 10.1. The van der Waals surface area contributed by atoms with Crippen LogP contribution in [0.4, 0.5) is 0 Å². The molecule has 3 atom stereocenters. The second kappa shape index (κ2) is 2.48. The first kappa shape index (κ1) is 7.10. The van der Waals surface area contributed by atoms with Crippen molar-refractivity contribution in [2.45, 2.75) is 25.3 Å². The Morgan fingerprint density at radius 3 is 3.00 bits per heavy atom. The number of fused-ring (bicyclic) bond motifs is 1. The van der Waals surface area contributed by atoms with Crippen molar-refractivity contribution in [2.75, 3.05) is 6.54 Å². The fraction of sp³-hybridized carbons (Fsp3) is 0.875. The van der Waals surface area contributed by atoms with Gasteiger partial charge in [-0.2, -0.15) is 0 Å². The average molecular weight is 155 g/mol. The zero-order chi connectivity index (χ0) is 7.84. The van der Waals surface area contributed by atoms with Crippen LogP contribution in [-0.2, 0) is 4.79 Å². The van der Waals surface area contributed by atoms with E-state index < -0.39 is 5.97 Å². The van der Waals surface area contributed by atoms with E-state index in [-0.39, 0.29) is 5.92 Å². The highest BCUT2D eigenvalue weighted by molar-refractivity contribution is 5.75. The Balaban J connectivity index is 1.96. The van der Waals surface area contributed by atoms with Gasteiger partial charge in [-0.3, -0.25) is 4.79 Å². The molecule has 1 saturated carbocycles. The molecule has 1 aliphatic heterocycles. The first-order chi connectivity index (χ1) is 5.30. The molecule has 3 heteroatoms. The van der Waals surface area contributed by atoms with Gasteiger partial charge in [0.15, 0.2) is 0 Å². The minimum absolute atomic E-state index is 0.0738. The summed E-state index contributed by atoms with van der Waals surface area (Å²) in [6, 6.07) is 0.301. The van der Waals surface area contributed by atoms with Crippen LogP contribution in [0.5, 0.6) is 0 Å². The summed E-state index contributed by atoms with van der Waals surface area (Å²) in [5.74, 6) is -0.250. The molecule has 0 spiro atoms. The van der Waals surface area contributed by atoms with Crippen LogP contribution in [0, 0.1) is 11.8 Å². The molecular formula is C8H13NO2. The molecule has 2 aliphatic rings. The fourth-order valence-corrected chi connectivity index (χ4v) is 2.12. The Morgan fingerprint density at radius 1 is 1.45 bits per heavy atom. The summed E-state index contributed by atoms with van der Waals surface area (Å²) >= 11 is 0. The highest BCUT2D eigenvalue weighted by Gasteiger charge is 2.54. The van der Waals surface area contributed by atoms with Crippen LogP contribution >= 0.6 is 0 Å². The van der Waals surface area contributed by atoms with Crippen LogP contribution in [-0.4, -0.2) is 23.7 Å². The largest absolute Gasteiger partial charge is 0.481 e. The summed E-state index contributed by atoms with van der Waals surface area (Å²) in [4.78, 5) is 10.6. The molecule has 0 aromatic rings. The molecule has 0 aromatic heterocycles. The Kier molecular flexibility index (Phi) is 1.60. The minimum Gasteiger partial charge on any atom is -0.481 e. The molecular weight excluding hydrogens is 142 g/mol. The highest BCUT2D eigenvalue weighted by Crippen LogP contribution is 2.44. The van der Waals surface area contributed by atoms with Crippen molar-refractivity contribution in [1.29, 1.82) is 0 Å².